The van der Waals surface area contributed by atoms with Crippen molar-refractivity contribution in [3.8, 4) is 5.75 Å². The van der Waals surface area contributed by atoms with Crippen LogP contribution < -0.4 is 4.74 Å². The Bertz CT molecular complexity index is 643. The van der Waals surface area contributed by atoms with Gasteiger partial charge < -0.3 is 4.74 Å². The molecule has 20 heavy (non-hydrogen) atoms. The van der Waals surface area contributed by atoms with Gasteiger partial charge in [0.1, 0.15) is 5.75 Å². The monoisotopic (exact) mass is 286 g/mol. The standard InChI is InChI=1S/C17H15ClO2/c1-12-3-10-17(20-2)15(11-12)16(19)9-6-13-4-7-14(18)8-5-13/h3-11H,1-2H3/b9-6+. The molecule has 0 aliphatic rings. The molecule has 0 radical (unpaired) electrons. The molecule has 0 aliphatic heterocycles. The second-order valence-corrected chi connectivity index (χ2v) is 4.89. The van der Waals surface area contributed by atoms with Gasteiger partial charge in [-0.1, -0.05) is 41.4 Å². The number of ether oxygens (including phenoxy) is 1. The second-order valence-electron chi connectivity index (χ2n) is 4.45. The lowest BCUT2D eigenvalue weighted by molar-refractivity contribution is 0.104. The minimum atomic E-state index is -0.0829. The van der Waals surface area contributed by atoms with Crippen molar-refractivity contribution in [2.75, 3.05) is 7.11 Å². The Morgan fingerprint density at radius 1 is 1.15 bits per heavy atom. The lowest BCUT2D eigenvalue weighted by Gasteiger charge is -2.06. The number of ketones is 1. The van der Waals surface area contributed by atoms with Crippen molar-refractivity contribution < 1.29 is 9.53 Å². The smallest absolute Gasteiger partial charge is 0.189 e. The number of allylic oxidation sites excluding steroid dienone is 1. The zero-order valence-electron chi connectivity index (χ0n) is 11.4. The zero-order valence-corrected chi connectivity index (χ0v) is 12.1. The summed E-state index contributed by atoms with van der Waals surface area (Å²) in [5.74, 6) is 0.502. The summed E-state index contributed by atoms with van der Waals surface area (Å²) in [5, 5.41) is 0.675. The minimum absolute atomic E-state index is 0.0829. The van der Waals surface area contributed by atoms with E-state index in [0.29, 0.717) is 16.3 Å². The summed E-state index contributed by atoms with van der Waals surface area (Å²) in [6.07, 6.45) is 3.31. The van der Waals surface area contributed by atoms with E-state index in [1.54, 1.807) is 37.5 Å². The van der Waals surface area contributed by atoms with Crippen LogP contribution in [0.15, 0.2) is 48.5 Å². The molecule has 0 N–H and O–H groups in total. The average molecular weight is 287 g/mol. The van der Waals surface area contributed by atoms with Gasteiger partial charge in [0, 0.05) is 5.02 Å². The van der Waals surface area contributed by atoms with Crippen LogP contribution in [0.3, 0.4) is 0 Å². The van der Waals surface area contributed by atoms with Gasteiger partial charge in [0.15, 0.2) is 5.78 Å². The number of benzene rings is 2. The van der Waals surface area contributed by atoms with E-state index >= 15 is 0 Å². The van der Waals surface area contributed by atoms with Crippen molar-refractivity contribution in [2.24, 2.45) is 0 Å². The number of carbonyl (C=O) groups excluding carboxylic acids is 1. The van der Waals surface area contributed by atoms with E-state index < -0.39 is 0 Å². The highest BCUT2D eigenvalue weighted by Gasteiger charge is 2.09. The highest BCUT2D eigenvalue weighted by atomic mass is 35.5. The van der Waals surface area contributed by atoms with E-state index in [0.717, 1.165) is 11.1 Å². The summed E-state index contributed by atoms with van der Waals surface area (Å²) in [4.78, 5) is 12.2. The summed E-state index contributed by atoms with van der Waals surface area (Å²) < 4.78 is 5.22. The Hall–Kier alpha value is -2.06. The van der Waals surface area contributed by atoms with Crippen molar-refractivity contribution in [1.82, 2.24) is 0 Å². The molecule has 0 aromatic heterocycles. The summed E-state index contributed by atoms with van der Waals surface area (Å²) >= 11 is 5.82. The predicted molar refractivity (Wildman–Crippen MR) is 82.5 cm³/mol. The van der Waals surface area contributed by atoms with Gasteiger partial charge in [0.2, 0.25) is 0 Å². The van der Waals surface area contributed by atoms with Crippen LogP contribution >= 0.6 is 11.6 Å². The van der Waals surface area contributed by atoms with E-state index in [4.69, 9.17) is 16.3 Å². The highest BCUT2D eigenvalue weighted by Crippen LogP contribution is 2.21. The zero-order chi connectivity index (χ0) is 14.5. The van der Waals surface area contributed by atoms with Gasteiger partial charge >= 0.3 is 0 Å². The van der Waals surface area contributed by atoms with Crippen molar-refractivity contribution in [2.45, 2.75) is 6.92 Å². The number of carbonyl (C=O) groups is 1. The Morgan fingerprint density at radius 3 is 2.50 bits per heavy atom. The molecule has 0 spiro atoms. The first-order valence-electron chi connectivity index (χ1n) is 6.23. The molecule has 0 fully saturated rings. The molecular formula is C17H15ClO2. The maximum Gasteiger partial charge on any atom is 0.189 e. The largest absolute Gasteiger partial charge is 0.496 e. The van der Waals surface area contributed by atoms with Crippen LogP contribution in [0, 0.1) is 6.92 Å². The Morgan fingerprint density at radius 2 is 1.85 bits per heavy atom. The van der Waals surface area contributed by atoms with Crippen molar-refractivity contribution >= 4 is 23.5 Å². The summed E-state index contributed by atoms with van der Waals surface area (Å²) in [5.41, 5.74) is 2.51. The van der Waals surface area contributed by atoms with Crippen LogP contribution in [0.5, 0.6) is 5.75 Å². The SMILES string of the molecule is COc1ccc(C)cc1C(=O)/C=C/c1ccc(Cl)cc1. The van der Waals surface area contributed by atoms with Crippen molar-refractivity contribution in [1.29, 1.82) is 0 Å². The molecule has 0 saturated carbocycles. The molecule has 0 bridgehead atoms. The maximum atomic E-state index is 12.2. The number of aryl methyl sites for hydroxylation is 1. The fourth-order valence-electron chi connectivity index (χ4n) is 1.85. The van der Waals surface area contributed by atoms with E-state index in [-0.39, 0.29) is 5.78 Å². The molecule has 0 aliphatic carbocycles. The molecule has 2 nitrogen and oxygen atoms in total. The number of rotatable bonds is 4. The third-order valence-corrected chi connectivity index (χ3v) is 3.17. The molecule has 2 aromatic rings. The molecule has 0 heterocycles. The molecule has 2 aromatic carbocycles. The molecule has 0 atom stereocenters. The average Bonchev–Trinajstić information content (AvgIpc) is 2.46. The molecule has 0 unspecified atom stereocenters. The third kappa shape index (κ3) is 3.49. The van der Waals surface area contributed by atoms with E-state index in [1.165, 1.54) is 0 Å². The summed E-state index contributed by atoms with van der Waals surface area (Å²) in [6.45, 7) is 1.94. The van der Waals surface area contributed by atoms with Crippen molar-refractivity contribution in [3.05, 3.63) is 70.3 Å². The van der Waals surface area contributed by atoms with E-state index in [2.05, 4.69) is 0 Å². The van der Waals surface area contributed by atoms with Gasteiger partial charge in [0.05, 0.1) is 12.7 Å². The molecular weight excluding hydrogens is 272 g/mol. The highest BCUT2D eigenvalue weighted by molar-refractivity contribution is 6.30. The molecule has 2 rings (SSSR count). The van der Waals surface area contributed by atoms with Crippen LogP contribution in [0.1, 0.15) is 21.5 Å². The quantitative estimate of drug-likeness (QED) is 0.609. The fraction of sp³-hybridized carbons (Fsp3) is 0.118. The molecule has 0 saturated heterocycles. The number of methoxy groups -OCH3 is 1. The number of halogens is 1. The first kappa shape index (κ1) is 14.4. The van der Waals surface area contributed by atoms with Crippen LogP contribution in [-0.4, -0.2) is 12.9 Å². The van der Waals surface area contributed by atoms with E-state index in [9.17, 15) is 4.79 Å². The molecule has 3 heteroatoms. The first-order valence-corrected chi connectivity index (χ1v) is 6.60. The molecule has 0 amide bonds. The summed E-state index contributed by atoms with van der Waals surface area (Å²) in [7, 11) is 1.56. The van der Waals surface area contributed by atoms with E-state index in [1.807, 2.05) is 31.2 Å². The minimum Gasteiger partial charge on any atom is -0.496 e. The van der Waals surface area contributed by atoms with Gasteiger partial charge in [-0.25, -0.2) is 0 Å². The van der Waals surface area contributed by atoms with Crippen LogP contribution in [0.25, 0.3) is 6.08 Å². The number of hydrogen-bond donors (Lipinski definition) is 0. The van der Waals surface area contributed by atoms with Crippen molar-refractivity contribution in [3.63, 3.8) is 0 Å². The lowest BCUT2D eigenvalue weighted by Crippen LogP contribution is -1.99. The topological polar surface area (TPSA) is 26.3 Å². The fourth-order valence-corrected chi connectivity index (χ4v) is 1.98. The number of hydrogen-bond acceptors (Lipinski definition) is 2. The van der Waals surface area contributed by atoms with Gasteiger partial charge in [-0.3, -0.25) is 4.79 Å². The lowest BCUT2D eigenvalue weighted by atomic mass is 10.1. The van der Waals surface area contributed by atoms with Gasteiger partial charge in [-0.2, -0.15) is 0 Å². The Kier molecular flexibility index (Phi) is 4.59. The first-order chi connectivity index (χ1) is 9.60. The maximum absolute atomic E-state index is 12.2. The van der Waals surface area contributed by atoms with Crippen LogP contribution in [-0.2, 0) is 0 Å². The van der Waals surface area contributed by atoms with Gasteiger partial charge in [-0.15, -0.1) is 0 Å². The van der Waals surface area contributed by atoms with Crippen LogP contribution in [0.4, 0.5) is 0 Å². The Labute approximate surface area is 123 Å². The second kappa shape index (κ2) is 6.40. The predicted octanol–water partition coefficient (Wildman–Crippen LogP) is 4.55. The van der Waals surface area contributed by atoms with Gasteiger partial charge in [0.25, 0.3) is 0 Å². The van der Waals surface area contributed by atoms with Crippen LogP contribution in [0.2, 0.25) is 5.02 Å². The molecule has 102 valence electrons. The third-order valence-electron chi connectivity index (χ3n) is 2.92. The Balaban J connectivity index is 2.23. The summed E-state index contributed by atoms with van der Waals surface area (Å²) in [6, 6.07) is 12.8. The van der Waals surface area contributed by atoms with Gasteiger partial charge in [-0.05, 0) is 42.8 Å². The normalized spacial score (nSPS) is 10.8.